The third-order valence-corrected chi connectivity index (χ3v) is 5.15. The number of carbonyl (C=O) groups is 1. The van der Waals surface area contributed by atoms with Crippen LogP contribution in [0.5, 0.6) is 0 Å². The van der Waals surface area contributed by atoms with E-state index in [9.17, 15) is 4.79 Å². The van der Waals surface area contributed by atoms with Gasteiger partial charge in [0, 0.05) is 26.0 Å². The SMILES string of the molecule is O=C(Nc1nc2scc(-c3ccc(Cl)cc3)n2n1)c1ccc(Br)cc1. The van der Waals surface area contributed by atoms with Gasteiger partial charge in [0.2, 0.25) is 4.96 Å². The van der Waals surface area contributed by atoms with E-state index >= 15 is 0 Å². The zero-order valence-electron chi connectivity index (χ0n) is 12.6. The number of rotatable bonds is 3. The molecule has 0 unspecified atom stereocenters. The van der Waals surface area contributed by atoms with Crippen LogP contribution in [0, 0.1) is 0 Å². The third-order valence-electron chi connectivity index (χ3n) is 3.55. The number of hydrogen-bond donors (Lipinski definition) is 1. The normalized spacial score (nSPS) is 11.0. The molecule has 0 saturated carbocycles. The molecule has 0 radical (unpaired) electrons. The van der Waals surface area contributed by atoms with Crippen LogP contribution in [-0.2, 0) is 0 Å². The van der Waals surface area contributed by atoms with Crippen molar-refractivity contribution in [3.05, 3.63) is 69.0 Å². The van der Waals surface area contributed by atoms with Crippen molar-refractivity contribution in [1.29, 1.82) is 0 Å². The molecule has 4 aromatic rings. The van der Waals surface area contributed by atoms with Gasteiger partial charge in [0.05, 0.1) is 5.69 Å². The second kappa shape index (κ2) is 6.59. The maximum absolute atomic E-state index is 12.3. The van der Waals surface area contributed by atoms with E-state index in [2.05, 4.69) is 31.3 Å². The largest absolute Gasteiger partial charge is 0.289 e. The van der Waals surface area contributed by atoms with Crippen molar-refractivity contribution < 1.29 is 4.79 Å². The molecule has 1 N–H and O–H groups in total. The van der Waals surface area contributed by atoms with Crippen molar-refractivity contribution in [2.45, 2.75) is 0 Å². The Morgan fingerprint density at radius 2 is 1.84 bits per heavy atom. The van der Waals surface area contributed by atoms with Crippen LogP contribution in [0.15, 0.2) is 58.4 Å². The first-order valence-electron chi connectivity index (χ1n) is 7.27. The second-order valence-corrected chi connectivity index (χ2v) is 7.41. The van der Waals surface area contributed by atoms with Crippen molar-refractivity contribution in [2.75, 3.05) is 5.32 Å². The topological polar surface area (TPSA) is 59.3 Å². The van der Waals surface area contributed by atoms with Crippen LogP contribution < -0.4 is 5.32 Å². The molecular formula is C17H10BrClN4OS. The number of hydrogen-bond acceptors (Lipinski definition) is 4. The Kier molecular flexibility index (Phi) is 4.29. The number of thiazole rings is 1. The lowest BCUT2D eigenvalue weighted by Crippen LogP contribution is -2.13. The number of anilines is 1. The van der Waals surface area contributed by atoms with Gasteiger partial charge in [-0.1, -0.05) is 39.7 Å². The number of aromatic nitrogens is 3. The number of carbonyl (C=O) groups excluding carboxylic acids is 1. The maximum Gasteiger partial charge on any atom is 0.258 e. The van der Waals surface area contributed by atoms with E-state index in [0.717, 1.165) is 15.7 Å². The summed E-state index contributed by atoms with van der Waals surface area (Å²) in [6.45, 7) is 0. The lowest BCUT2D eigenvalue weighted by molar-refractivity contribution is 0.102. The number of nitrogens with zero attached hydrogens (tertiary/aromatic N) is 3. The zero-order valence-corrected chi connectivity index (χ0v) is 15.8. The van der Waals surface area contributed by atoms with Gasteiger partial charge < -0.3 is 0 Å². The predicted molar refractivity (Wildman–Crippen MR) is 103 cm³/mol. The van der Waals surface area contributed by atoms with Crippen LogP contribution in [0.2, 0.25) is 5.02 Å². The zero-order chi connectivity index (χ0) is 17.4. The van der Waals surface area contributed by atoms with Crippen molar-refractivity contribution >= 4 is 55.7 Å². The van der Waals surface area contributed by atoms with E-state index in [4.69, 9.17) is 11.6 Å². The molecule has 1 amide bonds. The highest BCUT2D eigenvalue weighted by molar-refractivity contribution is 9.10. The van der Waals surface area contributed by atoms with Crippen LogP contribution in [0.1, 0.15) is 10.4 Å². The van der Waals surface area contributed by atoms with E-state index < -0.39 is 0 Å². The number of nitrogens with one attached hydrogen (secondary N) is 1. The van der Waals surface area contributed by atoms with Crippen LogP contribution in [0.25, 0.3) is 16.2 Å². The molecule has 0 aliphatic carbocycles. The van der Waals surface area contributed by atoms with E-state index in [1.54, 1.807) is 16.6 Å². The minimum atomic E-state index is -0.251. The smallest absolute Gasteiger partial charge is 0.258 e. The Bertz CT molecular complexity index is 1060. The van der Waals surface area contributed by atoms with E-state index in [0.29, 0.717) is 15.5 Å². The Labute approximate surface area is 160 Å². The number of benzene rings is 2. The molecule has 124 valence electrons. The highest BCUT2D eigenvalue weighted by Crippen LogP contribution is 2.27. The molecule has 0 bridgehead atoms. The van der Waals surface area contributed by atoms with Gasteiger partial charge in [0.1, 0.15) is 0 Å². The second-order valence-electron chi connectivity index (χ2n) is 5.22. The molecule has 2 aromatic carbocycles. The molecule has 2 aromatic heterocycles. The van der Waals surface area contributed by atoms with Crippen molar-refractivity contribution in [3.63, 3.8) is 0 Å². The lowest BCUT2D eigenvalue weighted by Gasteiger charge is -2.01. The Balaban J connectivity index is 1.62. The third kappa shape index (κ3) is 3.30. The van der Waals surface area contributed by atoms with E-state index in [1.165, 1.54) is 11.3 Å². The highest BCUT2D eigenvalue weighted by Gasteiger charge is 2.14. The summed E-state index contributed by atoms with van der Waals surface area (Å²) >= 11 is 10.7. The monoisotopic (exact) mass is 432 g/mol. The summed E-state index contributed by atoms with van der Waals surface area (Å²) in [7, 11) is 0. The summed E-state index contributed by atoms with van der Waals surface area (Å²) in [5, 5.41) is 9.77. The van der Waals surface area contributed by atoms with Crippen molar-refractivity contribution in [2.24, 2.45) is 0 Å². The molecule has 5 nitrogen and oxygen atoms in total. The summed E-state index contributed by atoms with van der Waals surface area (Å²) in [4.78, 5) is 17.4. The van der Waals surface area contributed by atoms with Crippen LogP contribution in [0.4, 0.5) is 5.95 Å². The highest BCUT2D eigenvalue weighted by atomic mass is 79.9. The van der Waals surface area contributed by atoms with E-state index in [-0.39, 0.29) is 11.9 Å². The number of fused-ring (bicyclic) bond motifs is 1. The van der Waals surface area contributed by atoms with Gasteiger partial charge in [-0.3, -0.25) is 10.1 Å². The molecule has 25 heavy (non-hydrogen) atoms. The quantitative estimate of drug-likeness (QED) is 0.487. The van der Waals surface area contributed by atoms with Gasteiger partial charge in [-0.15, -0.1) is 16.4 Å². The fourth-order valence-corrected chi connectivity index (χ4v) is 3.55. The van der Waals surface area contributed by atoms with Gasteiger partial charge >= 0.3 is 0 Å². The van der Waals surface area contributed by atoms with Crippen LogP contribution >= 0.6 is 38.9 Å². The first kappa shape index (κ1) is 16.3. The Morgan fingerprint density at radius 3 is 2.56 bits per heavy atom. The first-order chi connectivity index (χ1) is 12.1. The molecule has 8 heteroatoms. The summed E-state index contributed by atoms with van der Waals surface area (Å²) in [6.07, 6.45) is 0. The van der Waals surface area contributed by atoms with Gasteiger partial charge in [-0.25, -0.2) is 4.52 Å². The summed E-state index contributed by atoms with van der Waals surface area (Å²) < 4.78 is 2.63. The molecule has 0 aliphatic rings. The van der Waals surface area contributed by atoms with Gasteiger partial charge in [0.25, 0.3) is 11.9 Å². The molecule has 0 atom stereocenters. The van der Waals surface area contributed by atoms with Gasteiger partial charge in [-0.05, 0) is 36.4 Å². The van der Waals surface area contributed by atoms with Crippen molar-refractivity contribution in [3.8, 4) is 11.3 Å². The number of halogens is 2. The van der Waals surface area contributed by atoms with Crippen LogP contribution in [0.3, 0.4) is 0 Å². The molecule has 0 fully saturated rings. The average molecular weight is 434 g/mol. The molecule has 2 heterocycles. The van der Waals surface area contributed by atoms with Gasteiger partial charge in [0.15, 0.2) is 0 Å². The summed E-state index contributed by atoms with van der Waals surface area (Å²) in [5.41, 5.74) is 2.42. The molecule has 0 aliphatic heterocycles. The Morgan fingerprint density at radius 1 is 1.12 bits per heavy atom. The van der Waals surface area contributed by atoms with Gasteiger partial charge in [-0.2, -0.15) is 4.98 Å². The van der Waals surface area contributed by atoms with E-state index in [1.807, 2.05) is 41.8 Å². The molecule has 4 rings (SSSR count). The maximum atomic E-state index is 12.3. The van der Waals surface area contributed by atoms with Crippen LogP contribution in [-0.4, -0.2) is 20.5 Å². The summed E-state index contributed by atoms with van der Waals surface area (Å²) in [6, 6.07) is 14.6. The predicted octanol–water partition coefficient (Wildman–Crippen LogP) is 5.13. The van der Waals surface area contributed by atoms with Crippen molar-refractivity contribution in [1.82, 2.24) is 14.6 Å². The minimum Gasteiger partial charge on any atom is -0.289 e. The standard InChI is InChI=1S/C17H10BrClN4OS/c18-12-5-1-11(2-6-12)15(24)20-16-21-17-23(22-16)14(9-25-17)10-3-7-13(19)8-4-10/h1-9H,(H,20,22,24). The molecular weight excluding hydrogens is 424 g/mol. The number of amides is 1. The summed E-state index contributed by atoms with van der Waals surface area (Å²) in [5.74, 6) is 0.0220. The fraction of sp³-hybridized carbons (Fsp3) is 0. The minimum absolute atomic E-state index is 0.251. The molecule has 0 spiro atoms. The first-order valence-corrected chi connectivity index (χ1v) is 9.32. The fourth-order valence-electron chi connectivity index (χ4n) is 2.33. The lowest BCUT2D eigenvalue weighted by atomic mass is 10.2. The molecule has 0 saturated heterocycles. The Hall–Kier alpha value is -2.22. The average Bonchev–Trinajstić information content (AvgIpc) is 3.16.